The number of hydrogen-bond acceptors (Lipinski definition) is 2. The zero-order chi connectivity index (χ0) is 12.3. The molecule has 17 heavy (non-hydrogen) atoms. The number of nitrogens with one attached hydrogen (secondary N) is 1. The summed E-state index contributed by atoms with van der Waals surface area (Å²) in [5.41, 5.74) is 0.106. The van der Waals surface area contributed by atoms with Crippen molar-refractivity contribution in [3.8, 4) is 0 Å². The molecule has 1 aliphatic rings. The molecule has 0 radical (unpaired) electrons. The monoisotopic (exact) mass is 241 g/mol. The minimum atomic E-state index is -0.496. The van der Waals surface area contributed by atoms with Crippen molar-refractivity contribution in [3.63, 3.8) is 0 Å². The molecule has 0 amide bonds. The highest BCUT2D eigenvalue weighted by atomic mass is 19.1. The van der Waals surface area contributed by atoms with Gasteiger partial charge in [-0.2, -0.15) is 0 Å². The Hall–Kier alpha value is -1.00. The molecule has 1 aromatic rings. The second-order valence-electron chi connectivity index (χ2n) is 4.39. The Morgan fingerprint density at radius 2 is 2.00 bits per heavy atom. The zero-order valence-corrected chi connectivity index (χ0v) is 9.88. The van der Waals surface area contributed by atoms with Gasteiger partial charge in [0.2, 0.25) is 0 Å². The minimum Gasteiger partial charge on any atom is -0.380 e. The molecule has 0 saturated heterocycles. The Labute approximate surface area is 100.0 Å². The van der Waals surface area contributed by atoms with Gasteiger partial charge in [-0.3, -0.25) is 0 Å². The molecule has 1 fully saturated rings. The van der Waals surface area contributed by atoms with E-state index in [1.807, 2.05) is 0 Å². The van der Waals surface area contributed by atoms with Crippen LogP contribution in [0.15, 0.2) is 18.2 Å². The van der Waals surface area contributed by atoms with E-state index in [4.69, 9.17) is 4.74 Å². The van der Waals surface area contributed by atoms with Crippen molar-refractivity contribution in [2.24, 2.45) is 0 Å². The number of halogens is 2. The highest BCUT2D eigenvalue weighted by Crippen LogP contribution is 2.22. The largest absolute Gasteiger partial charge is 0.380 e. The second kappa shape index (κ2) is 5.56. The van der Waals surface area contributed by atoms with Crippen LogP contribution in [0.3, 0.4) is 0 Å². The average molecular weight is 241 g/mol. The number of ether oxygens (including phenoxy) is 1. The first-order chi connectivity index (χ1) is 8.22. The van der Waals surface area contributed by atoms with Gasteiger partial charge in [-0.05, 0) is 31.4 Å². The Balaban J connectivity index is 1.98. The van der Waals surface area contributed by atoms with Crippen molar-refractivity contribution in [1.82, 2.24) is 5.32 Å². The maximum atomic E-state index is 13.4. The van der Waals surface area contributed by atoms with Crippen LogP contribution >= 0.6 is 0 Å². The van der Waals surface area contributed by atoms with E-state index in [2.05, 4.69) is 5.32 Å². The van der Waals surface area contributed by atoms with Crippen LogP contribution in [-0.2, 0) is 11.3 Å². The van der Waals surface area contributed by atoms with Crippen LogP contribution in [0, 0.1) is 11.6 Å². The third-order valence-electron chi connectivity index (χ3n) is 3.36. The van der Waals surface area contributed by atoms with E-state index in [0.717, 1.165) is 19.3 Å². The van der Waals surface area contributed by atoms with E-state index in [1.54, 1.807) is 7.11 Å². The van der Waals surface area contributed by atoms with Crippen LogP contribution in [0.4, 0.5) is 8.78 Å². The summed E-state index contributed by atoms with van der Waals surface area (Å²) in [5.74, 6) is -0.992. The summed E-state index contributed by atoms with van der Waals surface area (Å²) in [7, 11) is 1.67. The summed E-state index contributed by atoms with van der Waals surface area (Å²) in [6.07, 6.45) is 3.25. The smallest absolute Gasteiger partial charge is 0.130 e. The molecule has 0 spiro atoms. The lowest BCUT2D eigenvalue weighted by atomic mass is 10.1. The van der Waals surface area contributed by atoms with Crippen LogP contribution in [0.2, 0.25) is 0 Å². The molecule has 1 aliphatic carbocycles. The topological polar surface area (TPSA) is 21.3 Å². The van der Waals surface area contributed by atoms with E-state index in [0.29, 0.717) is 0 Å². The molecule has 2 unspecified atom stereocenters. The molecule has 0 aliphatic heterocycles. The minimum absolute atomic E-state index is 0.106. The third-order valence-corrected chi connectivity index (χ3v) is 3.36. The van der Waals surface area contributed by atoms with Gasteiger partial charge in [0, 0.05) is 25.3 Å². The Morgan fingerprint density at radius 1 is 1.29 bits per heavy atom. The summed E-state index contributed by atoms with van der Waals surface area (Å²) in [6.45, 7) is 0.211. The first-order valence-electron chi connectivity index (χ1n) is 5.91. The lowest BCUT2D eigenvalue weighted by molar-refractivity contribution is 0.0845. The molecule has 1 aromatic carbocycles. The van der Waals surface area contributed by atoms with Crippen LogP contribution in [0.5, 0.6) is 0 Å². The number of benzene rings is 1. The average Bonchev–Trinajstić information content (AvgIpc) is 2.76. The Kier molecular flexibility index (Phi) is 4.07. The maximum absolute atomic E-state index is 13.4. The molecule has 1 N–H and O–H groups in total. The summed E-state index contributed by atoms with van der Waals surface area (Å²) in [4.78, 5) is 0. The maximum Gasteiger partial charge on any atom is 0.130 e. The van der Waals surface area contributed by atoms with Crippen LogP contribution in [0.1, 0.15) is 24.8 Å². The lowest BCUT2D eigenvalue weighted by Gasteiger charge is -2.20. The summed E-state index contributed by atoms with van der Waals surface area (Å²) < 4.78 is 32.1. The molecular formula is C13H17F2NO. The number of methoxy groups -OCH3 is 1. The van der Waals surface area contributed by atoms with Crippen molar-refractivity contribution >= 4 is 0 Å². The molecule has 0 bridgehead atoms. The van der Waals surface area contributed by atoms with Gasteiger partial charge in [-0.15, -0.1) is 0 Å². The van der Waals surface area contributed by atoms with Gasteiger partial charge in [-0.25, -0.2) is 8.78 Å². The molecular weight excluding hydrogens is 224 g/mol. The highest BCUT2D eigenvalue weighted by molar-refractivity contribution is 5.19. The first-order valence-corrected chi connectivity index (χ1v) is 5.91. The standard InChI is InChI=1S/C13H17F2NO/c1-17-13-7-3-6-12(13)16-8-9-10(14)4-2-5-11(9)15/h2,4-5,12-13,16H,3,6-8H2,1H3. The molecule has 0 aromatic heterocycles. The molecule has 4 heteroatoms. The molecule has 2 atom stereocenters. The summed E-state index contributed by atoms with van der Waals surface area (Å²) >= 11 is 0. The van der Waals surface area contributed by atoms with E-state index < -0.39 is 11.6 Å². The summed E-state index contributed by atoms with van der Waals surface area (Å²) in [5, 5.41) is 3.18. The van der Waals surface area contributed by atoms with Gasteiger partial charge in [0.05, 0.1) is 6.10 Å². The zero-order valence-electron chi connectivity index (χ0n) is 9.88. The Bertz CT molecular complexity index is 363. The van der Waals surface area contributed by atoms with Crippen molar-refractivity contribution in [3.05, 3.63) is 35.4 Å². The fourth-order valence-electron chi connectivity index (χ4n) is 2.38. The quantitative estimate of drug-likeness (QED) is 0.875. The van der Waals surface area contributed by atoms with Gasteiger partial charge in [0.25, 0.3) is 0 Å². The summed E-state index contributed by atoms with van der Waals surface area (Å²) in [6, 6.07) is 4.13. The van der Waals surface area contributed by atoms with Gasteiger partial charge < -0.3 is 10.1 Å². The predicted molar refractivity (Wildman–Crippen MR) is 61.6 cm³/mol. The molecule has 94 valence electrons. The van der Waals surface area contributed by atoms with Crippen LogP contribution < -0.4 is 5.32 Å². The van der Waals surface area contributed by atoms with Crippen molar-refractivity contribution in [1.29, 1.82) is 0 Å². The number of hydrogen-bond donors (Lipinski definition) is 1. The molecule has 1 saturated carbocycles. The van der Waals surface area contributed by atoms with Crippen molar-refractivity contribution < 1.29 is 13.5 Å². The van der Waals surface area contributed by atoms with Crippen molar-refractivity contribution in [2.75, 3.05) is 7.11 Å². The Morgan fingerprint density at radius 3 is 2.65 bits per heavy atom. The molecule has 2 rings (SSSR count). The van der Waals surface area contributed by atoms with E-state index in [9.17, 15) is 8.78 Å². The normalized spacial score (nSPS) is 24.2. The fraction of sp³-hybridized carbons (Fsp3) is 0.538. The van der Waals surface area contributed by atoms with Gasteiger partial charge in [-0.1, -0.05) is 6.07 Å². The number of rotatable bonds is 4. The van der Waals surface area contributed by atoms with Crippen molar-refractivity contribution in [2.45, 2.75) is 38.0 Å². The first kappa shape index (κ1) is 12.5. The molecule has 0 heterocycles. The third kappa shape index (κ3) is 2.82. The fourth-order valence-corrected chi connectivity index (χ4v) is 2.38. The van der Waals surface area contributed by atoms with E-state index in [1.165, 1.54) is 18.2 Å². The predicted octanol–water partition coefficient (Wildman–Crippen LogP) is 2.62. The van der Waals surface area contributed by atoms with E-state index in [-0.39, 0.29) is 24.3 Å². The van der Waals surface area contributed by atoms with Gasteiger partial charge >= 0.3 is 0 Å². The van der Waals surface area contributed by atoms with Crippen LogP contribution in [-0.4, -0.2) is 19.3 Å². The van der Waals surface area contributed by atoms with Gasteiger partial charge in [0.15, 0.2) is 0 Å². The highest BCUT2D eigenvalue weighted by Gasteiger charge is 2.26. The SMILES string of the molecule is COC1CCCC1NCc1c(F)cccc1F. The second-order valence-corrected chi connectivity index (χ2v) is 4.39. The van der Waals surface area contributed by atoms with Gasteiger partial charge in [0.1, 0.15) is 11.6 Å². The van der Waals surface area contributed by atoms with E-state index >= 15 is 0 Å². The van der Waals surface area contributed by atoms with Crippen LogP contribution in [0.25, 0.3) is 0 Å². The molecule has 2 nitrogen and oxygen atoms in total. The lowest BCUT2D eigenvalue weighted by Crippen LogP contribution is -2.36.